The van der Waals surface area contributed by atoms with Gasteiger partial charge in [-0.25, -0.2) is 4.98 Å². The molecule has 4 rings (SSSR count). The van der Waals surface area contributed by atoms with Crippen molar-refractivity contribution < 1.29 is 4.79 Å². The molecular formula is C22H27IN6O. The molecule has 1 aliphatic rings. The Bertz CT molecular complexity index is 998. The Kier molecular flexibility index (Phi) is 7.67. The number of fused-ring (bicyclic) bond motifs is 2. The highest BCUT2D eigenvalue weighted by atomic mass is 127. The average Bonchev–Trinajstić information content (AvgIpc) is 3.14. The summed E-state index contributed by atoms with van der Waals surface area (Å²) in [6, 6.07) is 13.9. The first-order valence-electron chi connectivity index (χ1n) is 10.1. The smallest absolute Gasteiger partial charge is 0.225 e. The number of aliphatic imine (C=N–C) groups is 1. The minimum Gasteiger partial charge on any atom is -0.357 e. The molecule has 30 heavy (non-hydrogen) atoms. The summed E-state index contributed by atoms with van der Waals surface area (Å²) < 4.78 is 2.03. The highest BCUT2D eigenvalue weighted by Gasteiger charge is 2.24. The van der Waals surface area contributed by atoms with Crippen molar-refractivity contribution in [3.8, 4) is 0 Å². The van der Waals surface area contributed by atoms with Crippen molar-refractivity contribution in [1.82, 2.24) is 20.0 Å². The first-order valence-corrected chi connectivity index (χ1v) is 10.1. The minimum absolute atomic E-state index is 0. The van der Waals surface area contributed by atoms with Gasteiger partial charge in [-0.05, 0) is 30.7 Å². The molecule has 3 heterocycles. The van der Waals surface area contributed by atoms with Gasteiger partial charge < -0.3 is 20.4 Å². The maximum absolute atomic E-state index is 12.0. The molecule has 1 unspecified atom stereocenters. The van der Waals surface area contributed by atoms with Gasteiger partial charge in [0.1, 0.15) is 5.65 Å². The molecule has 0 saturated heterocycles. The van der Waals surface area contributed by atoms with Crippen molar-refractivity contribution in [2.45, 2.75) is 25.7 Å². The number of benzene rings is 1. The lowest BCUT2D eigenvalue weighted by Gasteiger charge is -2.24. The maximum atomic E-state index is 12.0. The van der Waals surface area contributed by atoms with Gasteiger partial charge in [-0.3, -0.25) is 9.79 Å². The second kappa shape index (κ2) is 10.4. The van der Waals surface area contributed by atoms with Crippen LogP contribution in [0.4, 0.5) is 5.69 Å². The van der Waals surface area contributed by atoms with Gasteiger partial charge in [0.05, 0.1) is 12.2 Å². The summed E-state index contributed by atoms with van der Waals surface area (Å²) in [6.07, 6.45) is 5.32. The molecule has 3 aromatic rings. The Labute approximate surface area is 193 Å². The molecule has 0 bridgehead atoms. The van der Waals surface area contributed by atoms with E-state index >= 15 is 0 Å². The number of amides is 1. The molecule has 2 aromatic heterocycles. The van der Waals surface area contributed by atoms with Crippen LogP contribution in [0.5, 0.6) is 0 Å². The first kappa shape index (κ1) is 22.1. The second-order valence-corrected chi connectivity index (χ2v) is 7.13. The lowest BCUT2D eigenvalue weighted by molar-refractivity contribution is -0.116. The molecular weight excluding hydrogens is 491 g/mol. The molecule has 0 spiro atoms. The van der Waals surface area contributed by atoms with Gasteiger partial charge >= 0.3 is 0 Å². The van der Waals surface area contributed by atoms with Crippen LogP contribution in [-0.4, -0.2) is 40.9 Å². The van der Waals surface area contributed by atoms with E-state index in [0.29, 0.717) is 13.0 Å². The maximum Gasteiger partial charge on any atom is 0.225 e. The summed E-state index contributed by atoms with van der Waals surface area (Å²) in [7, 11) is 0. The Balaban J connectivity index is 0.00000256. The van der Waals surface area contributed by atoms with Crippen LogP contribution in [0, 0.1) is 0 Å². The third-order valence-corrected chi connectivity index (χ3v) is 5.01. The van der Waals surface area contributed by atoms with Crippen molar-refractivity contribution in [1.29, 1.82) is 0 Å². The molecule has 0 fully saturated rings. The molecule has 8 heteroatoms. The number of aromatic nitrogens is 2. The van der Waals surface area contributed by atoms with E-state index in [2.05, 4.69) is 33.2 Å². The molecule has 158 valence electrons. The van der Waals surface area contributed by atoms with Gasteiger partial charge in [0, 0.05) is 49.9 Å². The zero-order valence-electron chi connectivity index (χ0n) is 17.0. The van der Waals surface area contributed by atoms with E-state index in [1.54, 1.807) is 0 Å². The number of carbonyl (C=O) groups excluding carboxylic acids is 1. The van der Waals surface area contributed by atoms with E-state index in [1.807, 2.05) is 53.9 Å². The van der Waals surface area contributed by atoms with Gasteiger partial charge in [0.15, 0.2) is 5.96 Å². The summed E-state index contributed by atoms with van der Waals surface area (Å²) >= 11 is 0. The van der Waals surface area contributed by atoms with Crippen LogP contribution < -0.4 is 16.0 Å². The Morgan fingerprint density at radius 2 is 2.07 bits per heavy atom. The number of anilines is 1. The molecule has 1 aliphatic heterocycles. The number of rotatable bonds is 6. The zero-order valence-corrected chi connectivity index (χ0v) is 19.3. The van der Waals surface area contributed by atoms with E-state index in [9.17, 15) is 4.79 Å². The summed E-state index contributed by atoms with van der Waals surface area (Å²) in [5.74, 6) is 0.905. The predicted molar refractivity (Wildman–Crippen MR) is 131 cm³/mol. The van der Waals surface area contributed by atoms with Gasteiger partial charge in [0.2, 0.25) is 5.91 Å². The molecule has 1 aromatic carbocycles. The average molecular weight is 518 g/mol. The monoisotopic (exact) mass is 518 g/mol. The van der Waals surface area contributed by atoms with E-state index < -0.39 is 0 Å². The van der Waals surface area contributed by atoms with Crippen molar-refractivity contribution in [2.75, 3.05) is 25.0 Å². The zero-order chi connectivity index (χ0) is 20.1. The minimum atomic E-state index is 0. The van der Waals surface area contributed by atoms with Crippen LogP contribution in [0.15, 0.2) is 59.9 Å². The van der Waals surface area contributed by atoms with Crippen LogP contribution in [0.2, 0.25) is 0 Å². The van der Waals surface area contributed by atoms with Crippen LogP contribution >= 0.6 is 24.0 Å². The standard InChI is InChI=1S/C22H26N6O.HI/c1-2-23-22(24-11-10-17-15-28-12-6-5-9-20(28)26-17)25-14-16-13-21(29)27-19-8-4-3-7-18(16)19;/h3-9,12,15-16H,2,10-11,13-14H2,1H3,(H,27,29)(H2,23,24,25);1H. The van der Waals surface area contributed by atoms with Crippen molar-refractivity contribution in [3.63, 3.8) is 0 Å². The normalized spacial score (nSPS) is 15.8. The number of imidazole rings is 1. The first-order chi connectivity index (χ1) is 14.2. The molecule has 1 atom stereocenters. The number of pyridine rings is 1. The topological polar surface area (TPSA) is 82.8 Å². The predicted octanol–water partition coefficient (Wildman–Crippen LogP) is 3.18. The molecule has 3 N–H and O–H groups in total. The fourth-order valence-electron chi connectivity index (χ4n) is 3.62. The highest BCUT2D eigenvalue weighted by molar-refractivity contribution is 14.0. The van der Waals surface area contributed by atoms with E-state index in [-0.39, 0.29) is 35.8 Å². The Hall–Kier alpha value is -2.62. The molecule has 0 saturated carbocycles. The number of halogens is 1. The number of nitrogens with one attached hydrogen (secondary N) is 3. The van der Waals surface area contributed by atoms with Gasteiger partial charge in [-0.2, -0.15) is 0 Å². The molecule has 1 amide bonds. The largest absolute Gasteiger partial charge is 0.357 e. The number of hydrogen-bond donors (Lipinski definition) is 3. The van der Waals surface area contributed by atoms with Crippen LogP contribution in [0.25, 0.3) is 5.65 Å². The fraction of sp³-hybridized carbons (Fsp3) is 0.318. The fourth-order valence-corrected chi connectivity index (χ4v) is 3.62. The van der Waals surface area contributed by atoms with Gasteiger partial charge in [0.25, 0.3) is 0 Å². The number of hydrogen-bond acceptors (Lipinski definition) is 3. The summed E-state index contributed by atoms with van der Waals surface area (Å²) in [4.78, 5) is 21.4. The van der Waals surface area contributed by atoms with E-state index in [0.717, 1.165) is 48.1 Å². The lowest BCUT2D eigenvalue weighted by atomic mass is 9.91. The van der Waals surface area contributed by atoms with Crippen LogP contribution in [-0.2, 0) is 11.2 Å². The Morgan fingerprint density at radius 1 is 1.23 bits per heavy atom. The third kappa shape index (κ3) is 5.29. The number of nitrogens with zero attached hydrogens (tertiary/aromatic N) is 3. The van der Waals surface area contributed by atoms with E-state index in [4.69, 9.17) is 4.99 Å². The molecule has 7 nitrogen and oxygen atoms in total. The SMILES string of the molecule is CCNC(=NCC1CC(=O)Nc2ccccc21)NCCc1cn2ccccc2n1.I. The second-order valence-electron chi connectivity index (χ2n) is 7.13. The van der Waals surface area contributed by atoms with Gasteiger partial charge in [-0.15, -0.1) is 24.0 Å². The highest BCUT2D eigenvalue weighted by Crippen LogP contribution is 2.31. The van der Waals surface area contributed by atoms with Crippen LogP contribution in [0.1, 0.15) is 30.5 Å². The van der Waals surface area contributed by atoms with E-state index in [1.165, 1.54) is 0 Å². The lowest BCUT2D eigenvalue weighted by Crippen LogP contribution is -2.39. The molecule has 0 aliphatic carbocycles. The Morgan fingerprint density at radius 3 is 2.90 bits per heavy atom. The van der Waals surface area contributed by atoms with Crippen molar-refractivity contribution in [3.05, 3.63) is 66.1 Å². The summed E-state index contributed by atoms with van der Waals surface area (Å²) in [6.45, 7) is 4.12. The summed E-state index contributed by atoms with van der Waals surface area (Å²) in [5.41, 5.74) is 4.04. The van der Waals surface area contributed by atoms with Gasteiger partial charge in [-0.1, -0.05) is 24.3 Å². The van der Waals surface area contributed by atoms with Crippen molar-refractivity contribution >= 4 is 47.2 Å². The third-order valence-electron chi connectivity index (χ3n) is 5.01. The quantitative estimate of drug-likeness (QED) is 0.266. The van der Waals surface area contributed by atoms with Crippen LogP contribution in [0.3, 0.4) is 0 Å². The number of para-hydroxylation sites is 1. The summed E-state index contributed by atoms with van der Waals surface area (Å²) in [5, 5.41) is 9.60. The number of carbonyl (C=O) groups is 1. The van der Waals surface area contributed by atoms with Crippen molar-refractivity contribution in [2.24, 2.45) is 4.99 Å². The number of guanidine groups is 1. The molecule has 0 radical (unpaired) electrons.